The van der Waals surface area contributed by atoms with Gasteiger partial charge in [-0.05, 0) is 42.5 Å². The Bertz CT molecular complexity index is 787. The number of benzene rings is 1. The van der Waals surface area contributed by atoms with Crippen molar-refractivity contribution >= 4 is 5.91 Å². The highest BCUT2D eigenvalue weighted by Crippen LogP contribution is 2.51. The lowest BCUT2D eigenvalue weighted by Gasteiger charge is -2.39. The minimum atomic E-state index is -0.440. The number of amides is 1. The van der Waals surface area contributed by atoms with Crippen LogP contribution in [0.15, 0.2) is 42.6 Å². The summed E-state index contributed by atoms with van der Waals surface area (Å²) in [6, 6.07) is 11.1. The van der Waals surface area contributed by atoms with Gasteiger partial charge < -0.3 is 10.1 Å². The Balaban J connectivity index is 1.58. The molecule has 4 rings (SSSR count). The smallest absolute Gasteiger partial charge is 0.226 e. The Kier molecular flexibility index (Phi) is 4.25. The number of aromatic nitrogens is 1. The second-order valence-electron chi connectivity index (χ2n) is 6.96. The molecule has 1 aliphatic carbocycles. The third-order valence-corrected chi connectivity index (χ3v) is 5.48. The van der Waals surface area contributed by atoms with Gasteiger partial charge in [0.25, 0.3) is 0 Å². The van der Waals surface area contributed by atoms with Crippen LogP contribution in [0.1, 0.15) is 35.7 Å². The van der Waals surface area contributed by atoms with E-state index in [4.69, 9.17) is 4.74 Å². The van der Waals surface area contributed by atoms with Gasteiger partial charge in [0.15, 0.2) is 0 Å². The molecule has 1 saturated heterocycles. The van der Waals surface area contributed by atoms with Gasteiger partial charge >= 0.3 is 0 Å². The van der Waals surface area contributed by atoms with E-state index in [0.717, 1.165) is 32.5 Å². The summed E-state index contributed by atoms with van der Waals surface area (Å²) in [5, 5.41) is 3.17. The SMILES string of the molecule is O=C(Cc1ncccc1F)NC1c2ccccc2CC12CCOCC2. The number of hydrogen-bond acceptors (Lipinski definition) is 3. The number of hydrogen-bond donors (Lipinski definition) is 1. The number of rotatable bonds is 3. The lowest BCUT2D eigenvalue weighted by Crippen LogP contribution is -2.42. The number of ether oxygens (including phenoxy) is 1. The van der Waals surface area contributed by atoms with Gasteiger partial charge in [-0.2, -0.15) is 0 Å². The second kappa shape index (κ2) is 6.56. The Morgan fingerprint density at radius 2 is 2.04 bits per heavy atom. The summed E-state index contributed by atoms with van der Waals surface area (Å²) in [6.07, 6.45) is 4.26. The Morgan fingerprint density at radius 1 is 1.24 bits per heavy atom. The molecular formula is C20H21FN2O2. The largest absolute Gasteiger partial charge is 0.381 e. The molecule has 130 valence electrons. The van der Waals surface area contributed by atoms with Crippen LogP contribution in [-0.2, 0) is 22.4 Å². The van der Waals surface area contributed by atoms with E-state index in [9.17, 15) is 9.18 Å². The minimum Gasteiger partial charge on any atom is -0.381 e. The third kappa shape index (κ3) is 3.04. The van der Waals surface area contributed by atoms with Crippen molar-refractivity contribution in [2.24, 2.45) is 5.41 Å². The third-order valence-electron chi connectivity index (χ3n) is 5.48. The first-order chi connectivity index (χ1) is 12.2. The molecule has 4 nitrogen and oxygen atoms in total. The molecule has 1 aliphatic heterocycles. The van der Waals surface area contributed by atoms with Crippen LogP contribution in [0.25, 0.3) is 0 Å². The molecular weight excluding hydrogens is 319 g/mol. The van der Waals surface area contributed by atoms with Gasteiger partial charge in [-0.25, -0.2) is 4.39 Å². The van der Waals surface area contributed by atoms with Crippen LogP contribution in [0.2, 0.25) is 0 Å². The molecule has 1 unspecified atom stereocenters. The zero-order chi connectivity index (χ0) is 17.3. The first kappa shape index (κ1) is 16.2. The zero-order valence-electron chi connectivity index (χ0n) is 14.0. The molecule has 2 aliphatic rings. The van der Waals surface area contributed by atoms with E-state index >= 15 is 0 Å². The van der Waals surface area contributed by atoms with Crippen LogP contribution in [0, 0.1) is 11.2 Å². The van der Waals surface area contributed by atoms with Gasteiger partial charge in [0, 0.05) is 24.8 Å². The number of carbonyl (C=O) groups excluding carboxylic acids is 1. The molecule has 1 N–H and O–H groups in total. The maximum Gasteiger partial charge on any atom is 0.226 e. The number of nitrogens with zero attached hydrogens (tertiary/aromatic N) is 1. The van der Waals surface area contributed by atoms with Gasteiger partial charge in [0.1, 0.15) is 5.82 Å². The number of halogens is 1. The summed E-state index contributed by atoms with van der Waals surface area (Å²) >= 11 is 0. The van der Waals surface area contributed by atoms with E-state index in [0.29, 0.717) is 0 Å². The van der Waals surface area contributed by atoms with Crippen molar-refractivity contribution in [1.82, 2.24) is 10.3 Å². The van der Waals surface area contributed by atoms with Crippen LogP contribution in [0.5, 0.6) is 0 Å². The second-order valence-corrected chi connectivity index (χ2v) is 6.96. The van der Waals surface area contributed by atoms with Gasteiger partial charge in [-0.1, -0.05) is 24.3 Å². The molecule has 2 aromatic rings. The monoisotopic (exact) mass is 340 g/mol. The Labute approximate surface area is 146 Å². The topological polar surface area (TPSA) is 51.2 Å². The molecule has 1 aromatic heterocycles. The zero-order valence-corrected chi connectivity index (χ0v) is 14.0. The summed E-state index contributed by atoms with van der Waals surface area (Å²) in [5.41, 5.74) is 2.66. The van der Waals surface area contributed by atoms with Crippen LogP contribution in [0.3, 0.4) is 0 Å². The summed E-state index contributed by atoms with van der Waals surface area (Å²) in [4.78, 5) is 16.6. The molecule has 5 heteroatoms. The quantitative estimate of drug-likeness (QED) is 0.935. The van der Waals surface area contributed by atoms with Crippen molar-refractivity contribution in [3.05, 3.63) is 65.2 Å². The number of pyridine rings is 1. The first-order valence-electron chi connectivity index (χ1n) is 8.72. The van der Waals surface area contributed by atoms with Crippen molar-refractivity contribution < 1.29 is 13.9 Å². The average Bonchev–Trinajstić information content (AvgIpc) is 2.91. The molecule has 25 heavy (non-hydrogen) atoms. The molecule has 0 bridgehead atoms. The van der Waals surface area contributed by atoms with E-state index in [1.165, 1.54) is 29.5 Å². The van der Waals surface area contributed by atoms with E-state index in [1.54, 1.807) is 0 Å². The molecule has 1 aromatic carbocycles. The minimum absolute atomic E-state index is 0.000256. The predicted molar refractivity (Wildman–Crippen MR) is 91.4 cm³/mol. The normalized spacial score (nSPS) is 21.1. The number of carbonyl (C=O) groups is 1. The molecule has 1 spiro atoms. The maximum absolute atomic E-state index is 13.8. The molecule has 1 amide bonds. The number of nitrogens with one attached hydrogen (secondary N) is 1. The van der Waals surface area contributed by atoms with E-state index in [2.05, 4.69) is 22.4 Å². The van der Waals surface area contributed by atoms with Crippen molar-refractivity contribution in [3.63, 3.8) is 0 Å². The van der Waals surface area contributed by atoms with Crippen molar-refractivity contribution in [2.45, 2.75) is 31.7 Å². The molecule has 1 atom stereocenters. The molecule has 0 radical (unpaired) electrons. The first-order valence-corrected chi connectivity index (χ1v) is 8.72. The van der Waals surface area contributed by atoms with Crippen LogP contribution < -0.4 is 5.32 Å². The average molecular weight is 340 g/mol. The Hall–Kier alpha value is -2.27. The van der Waals surface area contributed by atoms with Crippen LogP contribution in [0.4, 0.5) is 4.39 Å². The highest BCUT2D eigenvalue weighted by molar-refractivity contribution is 5.79. The van der Waals surface area contributed by atoms with Crippen molar-refractivity contribution in [2.75, 3.05) is 13.2 Å². The standard InChI is InChI=1S/C20H21FN2O2/c21-16-6-3-9-22-17(16)12-18(24)23-19-15-5-2-1-4-14(15)13-20(19)7-10-25-11-8-20/h1-6,9,19H,7-8,10-13H2,(H,23,24). The van der Waals surface area contributed by atoms with Gasteiger partial charge in [0.2, 0.25) is 5.91 Å². The molecule has 1 fully saturated rings. The Morgan fingerprint density at radius 3 is 2.84 bits per heavy atom. The van der Waals surface area contributed by atoms with Gasteiger partial charge in [-0.15, -0.1) is 0 Å². The van der Waals surface area contributed by atoms with Gasteiger partial charge in [0.05, 0.1) is 18.2 Å². The van der Waals surface area contributed by atoms with Crippen LogP contribution in [-0.4, -0.2) is 24.1 Å². The highest BCUT2D eigenvalue weighted by atomic mass is 19.1. The molecule has 0 saturated carbocycles. The lowest BCUT2D eigenvalue weighted by atomic mass is 9.74. The fraction of sp³-hybridized carbons (Fsp3) is 0.400. The van der Waals surface area contributed by atoms with E-state index in [1.807, 2.05) is 12.1 Å². The van der Waals surface area contributed by atoms with E-state index < -0.39 is 5.82 Å². The maximum atomic E-state index is 13.8. The van der Waals surface area contributed by atoms with E-state index in [-0.39, 0.29) is 29.5 Å². The predicted octanol–water partition coefficient (Wildman–Crippen LogP) is 2.97. The fourth-order valence-electron chi connectivity index (χ4n) is 4.17. The van der Waals surface area contributed by atoms with Crippen molar-refractivity contribution in [1.29, 1.82) is 0 Å². The van der Waals surface area contributed by atoms with Gasteiger partial charge in [-0.3, -0.25) is 9.78 Å². The highest BCUT2D eigenvalue weighted by Gasteiger charge is 2.47. The summed E-state index contributed by atoms with van der Waals surface area (Å²) < 4.78 is 19.3. The number of fused-ring (bicyclic) bond motifs is 1. The van der Waals surface area contributed by atoms with Crippen LogP contribution >= 0.6 is 0 Å². The summed E-state index contributed by atoms with van der Waals surface area (Å²) in [5.74, 6) is -0.629. The summed E-state index contributed by atoms with van der Waals surface area (Å²) in [6.45, 7) is 1.43. The lowest BCUT2D eigenvalue weighted by molar-refractivity contribution is -0.123. The summed E-state index contributed by atoms with van der Waals surface area (Å²) in [7, 11) is 0. The van der Waals surface area contributed by atoms with Crippen molar-refractivity contribution in [3.8, 4) is 0 Å². The molecule has 2 heterocycles. The fourth-order valence-corrected chi connectivity index (χ4v) is 4.17.